The van der Waals surface area contributed by atoms with Gasteiger partial charge in [0.2, 0.25) is 5.82 Å². The van der Waals surface area contributed by atoms with E-state index in [9.17, 15) is 14.5 Å². The zero-order valence-electron chi connectivity index (χ0n) is 10.6. The normalized spacial score (nSPS) is 10.3. The van der Waals surface area contributed by atoms with Gasteiger partial charge in [0, 0.05) is 10.5 Å². The van der Waals surface area contributed by atoms with Crippen LogP contribution >= 0.6 is 15.9 Å². The standard InChI is InChI=1S/C14H11BrFNO3/c1-20-11-4-2-9(3-5-11)6-10-7-14(17(18)19)13(16)8-12(10)15/h2-5,7-8H,6H2,1H3. The molecule has 0 N–H and O–H groups in total. The molecule has 0 spiro atoms. The van der Waals surface area contributed by atoms with Crippen molar-refractivity contribution in [2.24, 2.45) is 0 Å². The Labute approximate surface area is 123 Å². The van der Waals surface area contributed by atoms with Crippen molar-refractivity contribution < 1.29 is 14.1 Å². The molecule has 0 radical (unpaired) electrons. The van der Waals surface area contributed by atoms with Crippen LogP contribution in [-0.4, -0.2) is 12.0 Å². The average molecular weight is 340 g/mol. The molecule has 0 aliphatic carbocycles. The summed E-state index contributed by atoms with van der Waals surface area (Å²) in [5.74, 6) is -0.113. The molecular weight excluding hydrogens is 329 g/mol. The first-order chi connectivity index (χ1) is 9.51. The molecule has 20 heavy (non-hydrogen) atoms. The topological polar surface area (TPSA) is 52.4 Å². The Bertz CT molecular complexity index is 644. The van der Waals surface area contributed by atoms with Gasteiger partial charge in [-0.25, -0.2) is 0 Å². The van der Waals surface area contributed by atoms with Crippen molar-refractivity contribution in [3.63, 3.8) is 0 Å². The van der Waals surface area contributed by atoms with Crippen molar-refractivity contribution in [2.75, 3.05) is 7.11 Å². The molecule has 2 aromatic carbocycles. The second-order valence-corrected chi connectivity index (χ2v) is 5.03. The Balaban J connectivity index is 2.32. The zero-order chi connectivity index (χ0) is 14.7. The van der Waals surface area contributed by atoms with E-state index >= 15 is 0 Å². The van der Waals surface area contributed by atoms with E-state index in [-0.39, 0.29) is 0 Å². The van der Waals surface area contributed by atoms with E-state index in [0.29, 0.717) is 16.5 Å². The zero-order valence-corrected chi connectivity index (χ0v) is 12.2. The van der Waals surface area contributed by atoms with Gasteiger partial charge in [0.15, 0.2) is 0 Å². The highest BCUT2D eigenvalue weighted by atomic mass is 79.9. The summed E-state index contributed by atoms with van der Waals surface area (Å²) in [5, 5.41) is 10.8. The molecule has 0 atom stereocenters. The number of nitrogens with zero attached hydrogens (tertiary/aromatic N) is 1. The number of nitro benzene ring substituents is 1. The minimum atomic E-state index is -0.847. The average Bonchev–Trinajstić information content (AvgIpc) is 2.42. The van der Waals surface area contributed by atoms with Crippen LogP contribution in [0.1, 0.15) is 11.1 Å². The Kier molecular flexibility index (Phi) is 4.34. The molecule has 0 aromatic heterocycles. The lowest BCUT2D eigenvalue weighted by Crippen LogP contribution is -1.97. The van der Waals surface area contributed by atoms with Crippen LogP contribution in [0.15, 0.2) is 40.9 Å². The minimum Gasteiger partial charge on any atom is -0.497 e. The number of halogens is 2. The van der Waals surface area contributed by atoms with Crippen molar-refractivity contribution in [3.05, 3.63) is 67.9 Å². The van der Waals surface area contributed by atoms with Gasteiger partial charge in [-0.1, -0.05) is 28.1 Å². The molecule has 0 amide bonds. The summed E-state index contributed by atoms with van der Waals surface area (Å²) in [6.45, 7) is 0. The number of hydrogen-bond acceptors (Lipinski definition) is 3. The van der Waals surface area contributed by atoms with Crippen LogP contribution in [0.2, 0.25) is 0 Å². The number of rotatable bonds is 4. The van der Waals surface area contributed by atoms with E-state index in [4.69, 9.17) is 4.74 Å². The Hall–Kier alpha value is -1.95. The summed E-state index contributed by atoms with van der Waals surface area (Å²) >= 11 is 3.23. The second-order valence-electron chi connectivity index (χ2n) is 4.18. The molecule has 0 bridgehead atoms. The SMILES string of the molecule is COc1ccc(Cc2cc([N+](=O)[O-])c(F)cc2Br)cc1. The summed E-state index contributed by atoms with van der Waals surface area (Å²) in [6.07, 6.45) is 0.464. The lowest BCUT2D eigenvalue weighted by Gasteiger charge is -2.06. The third kappa shape index (κ3) is 3.14. The van der Waals surface area contributed by atoms with E-state index in [0.717, 1.165) is 17.4 Å². The summed E-state index contributed by atoms with van der Waals surface area (Å²) in [4.78, 5) is 10.0. The largest absolute Gasteiger partial charge is 0.497 e. The van der Waals surface area contributed by atoms with E-state index in [2.05, 4.69) is 15.9 Å². The minimum absolute atomic E-state index is 0.464. The van der Waals surface area contributed by atoms with Crippen molar-refractivity contribution in [1.82, 2.24) is 0 Å². The van der Waals surface area contributed by atoms with Gasteiger partial charge < -0.3 is 4.74 Å². The van der Waals surface area contributed by atoms with Crippen molar-refractivity contribution in [2.45, 2.75) is 6.42 Å². The Morgan fingerprint density at radius 1 is 1.30 bits per heavy atom. The van der Waals surface area contributed by atoms with E-state index in [1.165, 1.54) is 6.07 Å². The Morgan fingerprint density at radius 3 is 2.50 bits per heavy atom. The van der Waals surface area contributed by atoms with Crippen LogP contribution < -0.4 is 4.74 Å². The molecule has 0 saturated carbocycles. The quantitative estimate of drug-likeness (QED) is 0.622. The van der Waals surface area contributed by atoms with Gasteiger partial charge in [-0.05, 0) is 35.7 Å². The number of nitro groups is 1. The molecule has 2 aromatic rings. The van der Waals surface area contributed by atoms with Crippen LogP contribution in [0.3, 0.4) is 0 Å². The van der Waals surface area contributed by atoms with E-state index in [1.54, 1.807) is 19.2 Å². The fourth-order valence-electron chi connectivity index (χ4n) is 1.82. The summed E-state index contributed by atoms with van der Waals surface area (Å²) in [6, 6.07) is 9.71. The third-order valence-electron chi connectivity index (χ3n) is 2.87. The van der Waals surface area contributed by atoms with Gasteiger partial charge in [0.05, 0.1) is 12.0 Å². The molecule has 0 fully saturated rings. The monoisotopic (exact) mass is 339 g/mol. The molecule has 104 valence electrons. The Morgan fingerprint density at radius 2 is 1.95 bits per heavy atom. The van der Waals surface area contributed by atoms with E-state index < -0.39 is 16.4 Å². The smallest absolute Gasteiger partial charge is 0.305 e. The molecule has 0 heterocycles. The van der Waals surface area contributed by atoms with Gasteiger partial charge >= 0.3 is 5.69 Å². The lowest BCUT2D eigenvalue weighted by molar-refractivity contribution is -0.387. The van der Waals surface area contributed by atoms with Crippen LogP contribution in [-0.2, 0) is 6.42 Å². The van der Waals surface area contributed by atoms with Crippen molar-refractivity contribution in [1.29, 1.82) is 0 Å². The predicted molar refractivity (Wildman–Crippen MR) is 76.6 cm³/mol. The summed E-state index contributed by atoms with van der Waals surface area (Å²) < 4.78 is 19.0. The predicted octanol–water partition coefficient (Wildman–Crippen LogP) is 4.10. The van der Waals surface area contributed by atoms with Crippen LogP contribution in [0.4, 0.5) is 10.1 Å². The number of ether oxygens (including phenoxy) is 1. The van der Waals surface area contributed by atoms with Crippen LogP contribution in [0, 0.1) is 15.9 Å². The third-order valence-corrected chi connectivity index (χ3v) is 3.60. The molecule has 4 nitrogen and oxygen atoms in total. The van der Waals surface area contributed by atoms with Gasteiger partial charge in [-0.2, -0.15) is 4.39 Å². The molecule has 0 unspecified atom stereocenters. The van der Waals surface area contributed by atoms with Crippen LogP contribution in [0.25, 0.3) is 0 Å². The van der Waals surface area contributed by atoms with Crippen molar-refractivity contribution in [3.8, 4) is 5.75 Å². The number of benzene rings is 2. The highest BCUT2D eigenvalue weighted by Gasteiger charge is 2.17. The lowest BCUT2D eigenvalue weighted by atomic mass is 10.0. The first kappa shape index (κ1) is 14.5. The van der Waals surface area contributed by atoms with Gasteiger partial charge in [-0.15, -0.1) is 0 Å². The molecular formula is C14H11BrFNO3. The molecule has 0 aliphatic heterocycles. The fourth-order valence-corrected chi connectivity index (χ4v) is 2.28. The van der Waals surface area contributed by atoms with Crippen molar-refractivity contribution >= 4 is 21.6 Å². The molecule has 6 heteroatoms. The van der Waals surface area contributed by atoms with E-state index in [1.807, 2.05) is 12.1 Å². The highest BCUT2D eigenvalue weighted by Crippen LogP contribution is 2.28. The maximum Gasteiger partial charge on any atom is 0.305 e. The highest BCUT2D eigenvalue weighted by molar-refractivity contribution is 9.10. The fraction of sp³-hybridized carbons (Fsp3) is 0.143. The first-order valence-corrected chi connectivity index (χ1v) is 6.56. The maximum absolute atomic E-state index is 13.4. The summed E-state index contributed by atoms with van der Waals surface area (Å²) in [5.41, 5.74) is 1.09. The molecule has 0 saturated heterocycles. The first-order valence-electron chi connectivity index (χ1n) is 5.76. The van der Waals surface area contributed by atoms with Gasteiger partial charge in [0.1, 0.15) is 5.75 Å². The molecule has 0 aliphatic rings. The van der Waals surface area contributed by atoms with Gasteiger partial charge in [-0.3, -0.25) is 10.1 Å². The summed E-state index contributed by atoms with van der Waals surface area (Å²) in [7, 11) is 1.58. The second kappa shape index (κ2) is 6.00. The van der Waals surface area contributed by atoms with Crippen LogP contribution in [0.5, 0.6) is 5.75 Å². The maximum atomic E-state index is 13.4. The molecule has 2 rings (SSSR count). The number of methoxy groups -OCH3 is 1. The number of hydrogen-bond donors (Lipinski definition) is 0. The van der Waals surface area contributed by atoms with Gasteiger partial charge in [0.25, 0.3) is 0 Å².